The van der Waals surface area contributed by atoms with Gasteiger partial charge in [-0.15, -0.1) is 0 Å². The zero-order valence-electron chi connectivity index (χ0n) is 13.3. The first-order chi connectivity index (χ1) is 11.6. The van der Waals surface area contributed by atoms with Crippen molar-refractivity contribution in [1.29, 1.82) is 5.26 Å². The Hall–Kier alpha value is -2.87. The van der Waals surface area contributed by atoms with Gasteiger partial charge in [0.15, 0.2) is 0 Å². The lowest BCUT2D eigenvalue weighted by Crippen LogP contribution is -1.93. The highest BCUT2D eigenvalue weighted by Gasteiger charge is 2.09. The van der Waals surface area contributed by atoms with Crippen molar-refractivity contribution in [3.8, 4) is 6.07 Å². The smallest absolute Gasteiger partial charge is 0.144 e. The van der Waals surface area contributed by atoms with E-state index in [1.807, 2.05) is 24.3 Å². The Kier molecular flexibility index (Phi) is 6.32. The van der Waals surface area contributed by atoms with Gasteiger partial charge < -0.3 is 0 Å². The Bertz CT molecular complexity index is 764. The number of halogens is 2. The first-order valence-electron chi connectivity index (χ1n) is 7.68. The van der Waals surface area contributed by atoms with Gasteiger partial charge in [0.1, 0.15) is 23.3 Å². The molecule has 0 fully saturated rings. The number of nitriles is 1. The molecule has 2 aromatic carbocycles. The van der Waals surface area contributed by atoms with E-state index in [1.54, 1.807) is 6.21 Å². The molecule has 0 aliphatic carbocycles. The molecule has 2 aromatic rings. The normalized spacial score (nSPS) is 11.2. The van der Waals surface area contributed by atoms with Crippen LogP contribution in [0.4, 0.5) is 8.78 Å². The van der Waals surface area contributed by atoms with Crippen molar-refractivity contribution in [2.75, 3.05) is 0 Å². The summed E-state index contributed by atoms with van der Waals surface area (Å²) in [5, 5.41) is 16.3. The molecular weight excluding hydrogens is 308 g/mol. The van der Waals surface area contributed by atoms with Crippen LogP contribution in [0, 0.1) is 23.0 Å². The molecule has 3 nitrogen and oxygen atoms in total. The molecule has 24 heavy (non-hydrogen) atoms. The molecule has 122 valence electrons. The molecule has 0 radical (unpaired) electrons. The summed E-state index contributed by atoms with van der Waals surface area (Å²) >= 11 is 0. The van der Waals surface area contributed by atoms with E-state index in [0.29, 0.717) is 0 Å². The minimum Gasteiger partial charge on any atom is -0.205 e. The maximum absolute atomic E-state index is 13.4. The first-order valence-corrected chi connectivity index (χ1v) is 7.68. The lowest BCUT2D eigenvalue weighted by Gasteiger charge is -1.99. The van der Waals surface area contributed by atoms with E-state index in [4.69, 9.17) is 5.26 Å². The van der Waals surface area contributed by atoms with Gasteiger partial charge >= 0.3 is 0 Å². The van der Waals surface area contributed by atoms with Crippen molar-refractivity contribution in [2.45, 2.75) is 26.2 Å². The monoisotopic (exact) mass is 325 g/mol. The minimum atomic E-state index is -0.911. The van der Waals surface area contributed by atoms with Crippen LogP contribution >= 0.6 is 0 Å². The molecule has 0 spiro atoms. The fourth-order valence-electron chi connectivity index (χ4n) is 2.13. The van der Waals surface area contributed by atoms with E-state index in [2.05, 4.69) is 17.1 Å². The molecule has 0 N–H and O–H groups in total. The van der Waals surface area contributed by atoms with E-state index in [9.17, 15) is 8.78 Å². The maximum Gasteiger partial charge on any atom is 0.144 e. The third-order valence-corrected chi connectivity index (χ3v) is 3.46. The molecule has 0 unspecified atom stereocenters. The molecular formula is C19H17F2N3. The number of nitrogens with zero attached hydrogens (tertiary/aromatic N) is 3. The van der Waals surface area contributed by atoms with Gasteiger partial charge in [-0.3, -0.25) is 0 Å². The molecule has 5 heteroatoms. The van der Waals surface area contributed by atoms with Gasteiger partial charge in [0, 0.05) is 5.56 Å². The van der Waals surface area contributed by atoms with Gasteiger partial charge in [0.2, 0.25) is 0 Å². The average Bonchev–Trinajstić information content (AvgIpc) is 2.58. The van der Waals surface area contributed by atoms with Crippen LogP contribution in [0.5, 0.6) is 0 Å². The van der Waals surface area contributed by atoms with E-state index >= 15 is 0 Å². The molecule has 0 aliphatic rings. The van der Waals surface area contributed by atoms with Gasteiger partial charge in [-0.25, -0.2) is 8.78 Å². The Balaban J connectivity index is 2.01. The predicted octanol–water partition coefficient (Wildman–Crippen LogP) is 4.63. The Morgan fingerprint density at radius 1 is 1.00 bits per heavy atom. The molecule has 0 saturated heterocycles. The van der Waals surface area contributed by atoms with Crippen molar-refractivity contribution < 1.29 is 8.78 Å². The highest BCUT2D eigenvalue weighted by Crippen LogP contribution is 2.13. The van der Waals surface area contributed by atoms with Crippen molar-refractivity contribution in [3.63, 3.8) is 0 Å². The Labute approximate surface area is 140 Å². The second-order valence-corrected chi connectivity index (χ2v) is 5.31. The topological polar surface area (TPSA) is 48.5 Å². The van der Waals surface area contributed by atoms with Crippen LogP contribution in [0.3, 0.4) is 0 Å². The summed E-state index contributed by atoms with van der Waals surface area (Å²) < 4.78 is 26.9. The number of unbranched alkanes of at least 4 members (excludes halogenated alkanes) is 1. The Morgan fingerprint density at radius 3 is 2.12 bits per heavy atom. The van der Waals surface area contributed by atoms with Crippen LogP contribution in [0.2, 0.25) is 0 Å². The van der Waals surface area contributed by atoms with Crippen molar-refractivity contribution in [3.05, 3.63) is 70.3 Å². The maximum atomic E-state index is 13.4. The zero-order chi connectivity index (χ0) is 17.4. The summed E-state index contributed by atoms with van der Waals surface area (Å²) in [5.74, 6) is -1.82. The van der Waals surface area contributed by atoms with Gasteiger partial charge in [-0.1, -0.05) is 37.6 Å². The van der Waals surface area contributed by atoms with Crippen LogP contribution in [0.15, 0.2) is 46.6 Å². The molecule has 2 rings (SSSR count). The van der Waals surface area contributed by atoms with E-state index in [-0.39, 0.29) is 5.56 Å². The van der Waals surface area contributed by atoms with Gasteiger partial charge in [-0.05, 0) is 36.1 Å². The van der Waals surface area contributed by atoms with Gasteiger partial charge in [-0.2, -0.15) is 15.5 Å². The second-order valence-electron chi connectivity index (χ2n) is 5.31. The zero-order valence-corrected chi connectivity index (χ0v) is 13.3. The summed E-state index contributed by atoms with van der Waals surface area (Å²) in [6.45, 7) is 2.16. The van der Waals surface area contributed by atoms with E-state index in [1.165, 1.54) is 17.8 Å². The lowest BCUT2D eigenvalue weighted by atomic mass is 10.1. The minimum absolute atomic E-state index is 0.205. The number of rotatable bonds is 6. The van der Waals surface area contributed by atoms with Crippen molar-refractivity contribution >= 4 is 12.4 Å². The molecule has 0 heterocycles. The fourth-order valence-corrected chi connectivity index (χ4v) is 2.13. The quantitative estimate of drug-likeness (QED) is 0.564. The van der Waals surface area contributed by atoms with Crippen molar-refractivity contribution in [1.82, 2.24) is 0 Å². The number of aryl methyl sites for hydroxylation is 1. The highest BCUT2D eigenvalue weighted by atomic mass is 19.1. The number of hydrogen-bond acceptors (Lipinski definition) is 3. The van der Waals surface area contributed by atoms with Gasteiger partial charge in [0.25, 0.3) is 0 Å². The molecule has 0 bridgehead atoms. The molecule has 0 amide bonds. The van der Waals surface area contributed by atoms with E-state index < -0.39 is 17.2 Å². The van der Waals surface area contributed by atoms with E-state index in [0.717, 1.165) is 37.0 Å². The molecule has 0 aliphatic heterocycles. The SMILES string of the molecule is CCCCc1ccc(C=NN=Cc2cc(F)c(C#N)c(F)c2)cc1. The highest BCUT2D eigenvalue weighted by molar-refractivity contribution is 5.82. The standard InChI is InChI=1S/C19H17F2N3/c1-2-3-4-14-5-7-15(8-6-14)12-23-24-13-16-9-18(20)17(11-22)19(21)10-16/h5-10,12-13H,2-4H2,1H3. The fraction of sp³-hybridized carbons (Fsp3) is 0.211. The summed E-state index contributed by atoms with van der Waals surface area (Å²) in [6.07, 6.45) is 6.18. The van der Waals surface area contributed by atoms with Crippen molar-refractivity contribution in [2.24, 2.45) is 10.2 Å². The third kappa shape index (κ3) is 4.82. The number of hydrogen-bond donors (Lipinski definition) is 0. The third-order valence-electron chi connectivity index (χ3n) is 3.46. The average molecular weight is 325 g/mol. The van der Waals surface area contributed by atoms with Crippen LogP contribution in [0.25, 0.3) is 0 Å². The summed E-state index contributed by atoms with van der Waals surface area (Å²) in [6, 6.07) is 11.6. The summed E-state index contributed by atoms with van der Waals surface area (Å²) in [4.78, 5) is 0. The van der Waals surface area contributed by atoms with Crippen LogP contribution in [-0.2, 0) is 6.42 Å². The summed E-state index contributed by atoms with van der Waals surface area (Å²) in [7, 11) is 0. The molecule has 0 saturated carbocycles. The number of benzene rings is 2. The Morgan fingerprint density at radius 2 is 1.58 bits per heavy atom. The summed E-state index contributed by atoms with van der Waals surface area (Å²) in [5.41, 5.74) is 1.78. The van der Waals surface area contributed by atoms with Gasteiger partial charge in [0.05, 0.1) is 12.4 Å². The largest absolute Gasteiger partial charge is 0.205 e. The van der Waals surface area contributed by atoms with Crippen LogP contribution < -0.4 is 0 Å². The molecule has 0 aromatic heterocycles. The van der Waals surface area contributed by atoms with Crippen LogP contribution in [-0.4, -0.2) is 12.4 Å². The molecule has 0 atom stereocenters. The van der Waals surface area contributed by atoms with Crippen LogP contribution in [0.1, 0.15) is 42.0 Å². The lowest BCUT2D eigenvalue weighted by molar-refractivity contribution is 0.576. The first kappa shape index (κ1) is 17.5. The second kappa shape index (κ2) is 8.68. The predicted molar refractivity (Wildman–Crippen MR) is 91.3 cm³/mol.